The summed E-state index contributed by atoms with van der Waals surface area (Å²) in [5, 5.41) is 0. The summed E-state index contributed by atoms with van der Waals surface area (Å²) >= 11 is 0. The maximum absolute atomic E-state index is 12.6. The molecule has 0 aromatic rings. The lowest BCUT2D eigenvalue weighted by molar-refractivity contribution is -0.210. The van der Waals surface area contributed by atoms with Crippen molar-refractivity contribution in [3.05, 3.63) is 12.2 Å². The molecule has 2 unspecified atom stereocenters. The number of carbonyl (C=O) groups excluding carboxylic acids is 2. The Morgan fingerprint density at radius 3 is 2.19 bits per heavy atom. The zero-order valence-corrected chi connectivity index (χ0v) is 16.6. The molecule has 0 spiro atoms. The Morgan fingerprint density at radius 2 is 1.62 bits per heavy atom. The predicted octanol–water partition coefficient (Wildman–Crippen LogP) is 3.63. The van der Waals surface area contributed by atoms with Crippen LogP contribution in [0.3, 0.4) is 0 Å². The third-order valence-electron chi connectivity index (χ3n) is 4.45. The van der Waals surface area contributed by atoms with Crippen LogP contribution in [0.25, 0.3) is 0 Å². The molecule has 1 aliphatic rings. The molecule has 1 aliphatic heterocycles. The largest absolute Gasteiger partial charge is 0.466 e. The fourth-order valence-corrected chi connectivity index (χ4v) is 3.12. The van der Waals surface area contributed by atoms with E-state index < -0.39 is 29.6 Å². The first-order valence-electron chi connectivity index (χ1n) is 9.78. The Hall–Kier alpha value is -1.40. The Balaban J connectivity index is 2.98. The van der Waals surface area contributed by atoms with Gasteiger partial charge in [0, 0.05) is 0 Å². The third-order valence-corrected chi connectivity index (χ3v) is 4.45. The minimum absolute atomic E-state index is 0.224. The van der Waals surface area contributed by atoms with E-state index in [1.807, 2.05) is 6.08 Å². The summed E-state index contributed by atoms with van der Waals surface area (Å²) < 4.78 is 21.8. The summed E-state index contributed by atoms with van der Waals surface area (Å²) in [7, 11) is 0. The number of unbranched alkanes of at least 4 members (excludes halogenated alkanes) is 4. The SMILES string of the molecule is CCCCCC/C=C/C(C(=O)OCC)C(C(=O)OCC)C1(C)OCCO1. The van der Waals surface area contributed by atoms with E-state index in [2.05, 4.69) is 6.92 Å². The van der Waals surface area contributed by atoms with Crippen LogP contribution >= 0.6 is 0 Å². The van der Waals surface area contributed by atoms with Crippen molar-refractivity contribution in [2.45, 2.75) is 65.6 Å². The number of allylic oxidation sites excluding steroid dienone is 1. The van der Waals surface area contributed by atoms with Crippen molar-refractivity contribution in [3.63, 3.8) is 0 Å². The van der Waals surface area contributed by atoms with Crippen LogP contribution in [0.4, 0.5) is 0 Å². The Kier molecular flexibility index (Phi) is 10.5. The van der Waals surface area contributed by atoms with Crippen LogP contribution in [0.1, 0.15) is 59.8 Å². The summed E-state index contributed by atoms with van der Waals surface area (Å²) in [6.45, 7) is 8.55. The summed E-state index contributed by atoms with van der Waals surface area (Å²) in [4.78, 5) is 25.2. The first-order chi connectivity index (χ1) is 12.5. The third kappa shape index (κ3) is 6.72. The highest BCUT2D eigenvalue weighted by Gasteiger charge is 2.51. The summed E-state index contributed by atoms with van der Waals surface area (Å²) in [6.07, 6.45) is 9.12. The van der Waals surface area contributed by atoms with E-state index in [0.29, 0.717) is 13.2 Å². The van der Waals surface area contributed by atoms with E-state index in [1.165, 1.54) is 12.8 Å². The summed E-state index contributed by atoms with van der Waals surface area (Å²) in [5.41, 5.74) is 0. The molecule has 6 nitrogen and oxygen atoms in total. The minimum Gasteiger partial charge on any atom is -0.466 e. The van der Waals surface area contributed by atoms with Crippen LogP contribution < -0.4 is 0 Å². The van der Waals surface area contributed by atoms with E-state index in [0.717, 1.165) is 19.3 Å². The molecule has 0 radical (unpaired) electrons. The van der Waals surface area contributed by atoms with Crippen molar-refractivity contribution >= 4 is 11.9 Å². The van der Waals surface area contributed by atoms with Gasteiger partial charge in [-0.05, 0) is 33.6 Å². The summed E-state index contributed by atoms with van der Waals surface area (Å²) in [6, 6.07) is 0. The van der Waals surface area contributed by atoms with Gasteiger partial charge in [-0.1, -0.05) is 38.3 Å². The van der Waals surface area contributed by atoms with E-state index in [9.17, 15) is 9.59 Å². The van der Waals surface area contributed by atoms with Crippen LogP contribution in [0.2, 0.25) is 0 Å². The second kappa shape index (κ2) is 12.1. The van der Waals surface area contributed by atoms with E-state index in [4.69, 9.17) is 18.9 Å². The van der Waals surface area contributed by atoms with Crippen molar-refractivity contribution in [1.82, 2.24) is 0 Å². The van der Waals surface area contributed by atoms with Gasteiger partial charge < -0.3 is 18.9 Å². The van der Waals surface area contributed by atoms with E-state index >= 15 is 0 Å². The molecule has 0 aromatic carbocycles. The van der Waals surface area contributed by atoms with Crippen molar-refractivity contribution in [2.24, 2.45) is 11.8 Å². The lowest BCUT2D eigenvalue weighted by Crippen LogP contribution is -2.48. The predicted molar refractivity (Wildman–Crippen MR) is 98.5 cm³/mol. The molecular formula is C20H34O6. The number of esters is 2. The van der Waals surface area contributed by atoms with Gasteiger partial charge in [0.2, 0.25) is 0 Å². The zero-order valence-electron chi connectivity index (χ0n) is 16.6. The van der Waals surface area contributed by atoms with Gasteiger partial charge >= 0.3 is 11.9 Å². The van der Waals surface area contributed by atoms with E-state index in [-0.39, 0.29) is 13.2 Å². The molecule has 1 saturated heterocycles. The highest BCUT2D eigenvalue weighted by atomic mass is 16.7. The molecule has 0 amide bonds. The van der Waals surface area contributed by atoms with Crippen molar-refractivity contribution in [1.29, 1.82) is 0 Å². The normalized spacial score (nSPS) is 18.6. The lowest BCUT2D eigenvalue weighted by atomic mass is 9.84. The topological polar surface area (TPSA) is 71.1 Å². The van der Waals surface area contributed by atoms with Crippen molar-refractivity contribution in [3.8, 4) is 0 Å². The average Bonchev–Trinajstić information content (AvgIpc) is 3.04. The van der Waals surface area contributed by atoms with Gasteiger partial charge in [-0.25, -0.2) is 0 Å². The Bertz CT molecular complexity index is 453. The van der Waals surface area contributed by atoms with Crippen LogP contribution in [0, 0.1) is 11.8 Å². The second-order valence-corrected chi connectivity index (χ2v) is 6.50. The Morgan fingerprint density at radius 1 is 1.00 bits per heavy atom. The average molecular weight is 370 g/mol. The van der Waals surface area contributed by atoms with Gasteiger partial charge in [-0.2, -0.15) is 0 Å². The zero-order chi connectivity index (χ0) is 19.4. The maximum Gasteiger partial charge on any atom is 0.315 e. The van der Waals surface area contributed by atoms with Crippen LogP contribution in [0.5, 0.6) is 0 Å². The molecule has 26 heavy (non-hydrogen) atoms. The highest BCUT2D eigenvalue weighted by molar-refractivity contribution is 5.84. The molecule has 1 fully saturated rings. The van der Waals surface area contributed by atoms with E-state index in [1.54, 1.807) is 26.8 Å². The summed E-state index contributed by atoms with van der Waals surface area (Å²) in [5.74, 6) is -3.88. The number of rotatable bonds is 12. The van der Waals surface area contributed by atoms with Gasteiger partial charge in [0.05, 0.1) is 32.3 Å². The molecule has 1 rings (SSSR count). The van der Waals surface area contributed by atoms with Crippen LogP contribution in [0.15, 0.2) is 12.2 Å². The monoisotopic (exact) mass is 370 g/mol. The van der Waals surface area contributed by atoms with Crippen LogP contribution in [-0.2, 0) is 28.5 Å². The maximum atomic E-state index is 12.6. The van der Waals surface area contributed by atoms with Gasteiger partial charge in [0.15, 0.2) is 5.79 Å². The van der Waals surface area contributed by atoms with Gasteiger partial charge in [0.1, 0.15) is 5.92 Å². The number of carbonyl (C=O) groups is 2. The molecule has 0 saturated carbocycles. The number of hydrogen-bond donors (Lipinski definition) is 0. The highest BCUT2D eigenvalue weighted by Crippen LogP contribution is 2.35. The Labute approximate surface area is 157 Å². The second-order valence-electron chi connectivity index (χ2n) is 6.50. The molecule has 0 aliphatic carbocycles. The first kappa shape index (κ1) is 22.6. The lowest BCUT2D eigenvalue weighted by Gasteiger charge is -2.33. The standard InChI is InChI=1S/C20H34O6/c1-5-8-9-10-11-12-13-16(18(21)23-6-2)17(19(22)24-7-3)20(4)25-14-15-26-20/h12-13,16-17H,5-11,14-15H2,1-4H3/b13-12+. The molecule has 0 N–H and O–H groups in total. The molecule has 0 bridgehead atoms. The smallest absolute Gasteiger partial charge is 0.315 e. The van der Waals surface area contributed by atoms with Crippen molar-refractivity contribution in [2.75, 3.05) is 26.4 Å². The number of hydrogen-bond acceptors (Lipinski definition) is 6. The molecule has 150 valence electrons. The first-order valence-corrected chi connectivity index (χ1v) is 9.78. The van der Waals surface area contributed by atoms with Crippen LogP contribution in [-0.4, -0.2) is 44.2 Å². The van der Waals surface area contributed by atoms with Crippen molar-refractivity contribution < 1.29 is 28.5 Å². The van der Waals surface area contributed by atoms with Gasteiger partial charge in [0.25, 0.3) is 0 Å². The molecular weight excluding hydrogens is 336 g/mol. The number of ether oxygens (including phenoxy) is 4. The minimum atomic E-state index is -1.20. The fourth-order valence-electron chi connectivity index (χ4n) is 3.12. The molecule has 6 heteroatoms. The molecule has 2 atom stereocenters. The molecule has 0 aromatic heterocycles. The quantitative estimate of drug-likeness (QED) is 0.297. The molecule has 1 heterocycles. The van der Waals surface area contributed by atoms with Gasteiger partial charge in [-0.3, -0.25) is 9.59 Å². The fraction of sp³-hybridized carbons (Fsp3) is 0.800. The van der Waals surface area contributed by atoms with Gasteiger partial charge in [-0.15, -0.1) is 0 Å².